The lowest BCUT2D eigenvalue weighted by Crippen LogP contribution is -2.47. The van der Waals surface area contributed by atoms with Gasteiger partial charge in [0.05, 0.1) is 12.8 Å². The maximum Gasteiger partial charge on any atom is 0.304 e. The van der Waals surface area contributed by atoms with Crippen LogP contribution in [0.4, 0.5) is 0 Å². The first kappa shape index (κ1) is 29.4. The summed E-state index contributed by atoms with van der Waals surface area (Å²) in [6.07, 6.45) is 10.9. The normalized spacial score (nSPS) is 21.5. The number of rotatable bonds is 7. The molecule has 0 radical (unpaired) electrons. The minimum Gasteiger partial charge on any atom is -0.481 e. The van der Waals surface area contributed by atoms with Crippen LogP contribution < -0.4 is 0 Å². The van der Waals surface area contributed by atoms with Crippen molar-refractivity contribution in [2.75, 3.05) is 52.4 Å². The lowest BCUT2D eigenvalue weighted by Gasteiger charge is -2.40. The van der Waals surface area contributed by atoms with Crippen LogP contribution in [0.5, 0.6) is 0 Å². The molecule has 178 valence electrons. The molecule has 0 aromatic carbocycles. The maximum atomic E-state index is 10.5. The van der Waals surface area contributed by atoms with E-state index in [1.54, 1.807) is 0 Å². The van der Waals surface area contributed by atoms with Crippen molar-refractivity contribution in [1.29, 1.82) is 0 Å². The van der Waals surface area contributed by atoms with E-state index >= 15 is 0 Å². The molecule has 3 rings (SSSR count). The Bertz CT molecular complexity index is 465. The molecular formula is C21H41Cl2N3O4. The van der Waals surface area contributed by atoms with Crippen molar-refractivity contribution in [2.24, 2.45) is 0 Å². The highest BCUT2D eigenvalue weighted by Crippen LogP contribution is 2.20. The smallest absolute Gasteiger partial charge is 0.304 e. The summed E-state index contributed by atoms with van der Waals surface area (Å²) in [6.45, 7) is 8.35. The molecule has 3 heterocycles. The molecule has 0 amide bonds. The third-order valence-electron chi connectivity index (χ3n) is 6.20. The molecule has 2 N–H and O–H groups in total. The second kappa shape index (κ2) is 17.0. The molecule has 0 saturated carbocycles. The summed E-state index contributed by atoms with van der Waals surface area (Å²) >= 11 is 0. The van der Waals surface area contributed by atoms with Gasteiger partial charge in [0, 0.05) is 19.1 Å². The zero-order valence-electron chi connectivity index (χ0n) is 18.2. The number of piperidine rings is 3. The average Bonchev–Trinajstić information content (AvgIpc) is 2.73. The monoisotopic (exact) mass is 469 g/mol. The predicted octanol–water partition coefficient (Wildman–Crippen LogP) is 3.20. The first-order valence-electron chi connectivity index (χ1n) is 11.2. The Kier molecular flexibility index (Phi) is 16.7. The van der Waals surface area contributed by atoms with Gasteiger partial charge in [-0.05, 0) is 77.8 Å². The second-order valence-corrected chi connectivity index (χ2v) is 8.36. The molecule has 9 heteroatoms. The van der Waals surface area contributed by atoms with E-state index in [1.807, 2.05) is 0 Å². The van der Waals surface area contributed by atoms with Gasteiger partial charge >= 0.3 is 11.9 Å². The summed E-state index contributed by atoms with van der Waals surface area (Å²) in [6, 6.07) is 0.761. The van der Waals surface area contributed by atoms with Crippen molar-refractivity contribution in [2.45, 2.75) is 70.3 Å². The largest absolute Gasteiger partial charge is 0.481 e. The van der Waals surface area contributed by atoms with Gasteiger partial charge in [-0.1, -0.05) is 12.8 Å². The standard InChI is InChI=1S/C13H24N2O2.C8H15NO2.2ClH/c16-13(17)6-11-14-9-4-12(5-10-14)15-7-2-1-3-8-15;10-8(11)4-7-9-5-2-1-3-6-9;;/h12H,1-11H2,(H,16,17);1-7H2,(H,10,11);2*1H. The van der Waals surface area contributed by atoms with E-state index in [0.29, 0.717) is 6.42 Å². The molecule has 0 spiro atoms. The van der Waals surface area contributed by atoms with Gasteiger partial charge in [-0.25, -0.2) is 0 Å². The van der Waals surface area contributed by atoms with Crippen molar-refractivity contribution in [3.05, 3.63) is 0 Å². The van der Waals surface area contributed by atoms with Gasteiger partial charge < -0.3 is 24.9 Å². The average molecular weight is 470 g/mol. The van der Waals surface area contributed by atoms with Gasteiger partial charge in [0.15, 0.2) is 0 Å². The Morgan fingerprint density at radius 3 is 1.47 bits per heavy atom. The topological polar surface area (TPSA) is 84.3 Å². The SMILES string of the molecule is Cl.Cl.O=C(O)CCN1CCC(N2CCCCC2)CC1.O=C(O)CCN1CCCCC1. The minimum atomic E-state index is -0.685. The maximum absolute atomic E-state index is 10.5. The quantitative estimate of drug-likeness (QED) is 0.591. The number of carboxylic acid groups (broad SMARTS) is 2. The number of hydrogen-bond acceptors (Lipinski definition) is 5. The summed E-state index contributed by atoms with van der Waals surface area (Å²) in [7, 11) is 0. The van der Waals surface area contributed by atoms with Crippen LogP contribution in [0.25, 0.3) is 0 Å². The number of carboxylic acids is 2. The zero-order valence-corrected chi connectivity index (χ0v) is 19.8. The molecule has 0 unspecified atom stereocenters. The molecule has 3 fully saturated rings. The Morgan fingerprint density at radius 1 is 0.633 bits per heavy atom. The number of hydrogen-bond donors (Lipinski definition) is 2. The second-order valence-electron chi connectivity index (χ2n) is 8.36. The van der Waals surface area contributed by atoms with E-state index in [4.69, 9.17) is 10.2 Å². The van der Waals surface area contributed by atoms with Crippen LogP contribution in [0.2, 0.25) is 0 Å². The fourth-order valence-electron chi connectivity index (χ4n) is 4.48. The van der Waals surface area contributed by atoms with E-state index < -0.39 is 11.9 Å². The van der Waals surface area contributed by atoms with Crippen molar-refractivity contribution in [3.8, 4) is 0 Å². The molecule has 0 atom stereocenters. The van der Waals surface area contributed by atoms with Gasteiger partial charge in [0.1, 0.15) is 0 Å². The number of aliphatic carboxylic acids is 2. The third kappa shape index (κ3) is 12.3. The molecule has 3 aliphatic rings. The minimum absolute atomic E-state index is 0. The van der Waals surface area contributed by atoms with E-state index in [9.17, 15) is 9.59 Å². The van der Waals surface area contributed by atoms with Crippen molar-refractivity contribution >= 4 is 36.8 Å². The lowest BCUT2D eigenvalue weighted by molar-refractivity contribution is -0.138. The molecule has 0 aromatic rings. The highest BCUT2D eigenvalue weighted by atomic mass is 35.5. The molecule has 0 aliphatic carbocycles. The zero-order chi connectivity index (χ0) is 20.2. The number of nitrogens with zero attached hydrogens (tertiary/aromatic N) is 3. The molecule has 0 bridgehead atoms. The van der Waals surface area contributed by atoms with Crippen molar-refractivity contribution in [3.63, 3.8) is 0 Å². The Labute approximate surface area is 194 Å². The van der Waals surface area contributed by atoms with Gasteiger partial charge in [0.2, 0.25) is 0 Å². The van der Waals surface area contributed by atoms with Crippen LogP contribution >= 0.6 is 24.8 Å². The van der Waals surface area contributed by atoms with Gasteiger partial charge in [-0.15, -0.1) is 24.8 Å². The summed E-state index contributed by atoms with van der Waals surface area (Å²) in [5.74, 6) is -1.36. The number of halogens is 2. The molecular weight excluding hydrogens is 429 g/mol. The third-order valence-corrected chi connectivity index (χ3v) is 6.20. The van der Waals surface area contributed by atoms with E-state index in [2.05, 4.69) is 14.7 Å². The van der Waals surface area contributed by atoms with Gasteiger partial charge in [0.25, 0.3) is 0 Å². The fourth-order valence-corrected chi connectivity index (χ4v) is 4.48. The number of likely N-dealkylation sites (tertiary alicyclic amines) is 3. The summed E-state index contributed by atoms with van der Waals surface area (Å²) in [4.78, 5) is 27.9. The highest BCUT2D eigenvalue weighted by molar-refractivity contribution is 5.85. The fraction of sp³-hybridized carbons (Fsp3) is 0.905. The molecule has 0 aromatic heterocycles. The Balaban J connectivity index is 0.000000569. The summed E-state index contributed by atoms with van der Waals surface area (Å²) in [5, 5.41) is 17.1. The number of carbonyl (C=O) groups is 2. The van der Waals surface area contributed by atoms with Crippen LogP contribution in [-0.4, -0.2) is 95.3 Å². The molecule has 3 aliphatic heterocycles. The van der Waals surface area contributed by atoms with Crippen LogP contribution in [0, 0.1) is 0 Å². The first-order valence-corrected chi connectivity index (χ1v) is 11.2. The van der Waals surface area contributed by atoms with E-state index in [0.717, 1.165) is 45.3 Å². The lowest BCUT2D eigenvalue weighted by atomic mass is 10.00. The van der Waals surface area contributed by atoms with Crippen LogP contribution in [0.15, 0.2) is 0 Å². The molecule has 3 saturated heterocycles. The van der Waals surface area contributed by atoms with Gasteiger partial charge in [-0.2, -0.15) is 0 Å². The van der Waals surface area contributed by atoms with E-state index in [-0.39, 0.29) is 31.2 Å². The van der Waals surface area contributed by atoms with Gasteiger partial charge in [-0.3, -0.25) is 9.59 Å². The van der Waals surface area contributed by atoms with Crippen LogP contribution in [0.3, 0.4) is 0 Å². The molecule has 30 heavy (non-hydrogen) atoms. The predicted molar refractivity (Wildman–Crippen MR) is 124 cm³/mol. The van der Waals surface area contributed by atoms with Crippen LogP contribution in [-0.2, 0) is 9.59 Å². The van der Waals surface area contributed by atoms with Crippen molar-refractivity contribution < 1.29 is 19.8 Å². The van der Waals surface area contributed by atoms with Crippen LogP contribution in [0.1, 0.15) is 64.2 Å². The highest BCUT2D eigenvalue weighted by Gasteiger charge is 2.25. The van der Waals surface area contributed by atoms with E-state index in [1.165, 1.54) is 64.5 Å². The molecule has 7 nitrogen and oxygen atoms in total. The summed E-state index contributed by atoms with van der Waals surface area (Å²) < 4.78 is 0. The first-order chi connectivity index (χ1) is 13.5. The Morgan fingerprint density at radius 2 is 1.03 bits per heavy atom. The van der Waals surface area contributed by atoms with Crippen molar-refractivity contribution in [1.82, 2.24) is 14.7 Å². The Hall–Kier alpha value is -0.600. The summed E-state index contributed by atoms with van der Waals surface area (Å²) in [5.41, 5.74) is 0.